The Hall–Kier alpha value is -1.51. The molecule has 1 fully saturated rings. The van der Waals surface area contributed by atoms with Crippen molar-refractivity contribution < 1.29 is 15.0 Å². The number of rotatable bonds is 4. The van der Waals surface area contributed by atoms with Crippen LogP contribution >= 0.6 is 0 Å². The first-order chi connectivity index (χ1) is 8.41. The van der Waals surface area contributed by atoms with Crippen molar-refractivity contribution >= 4 is 5.97 Å². The molecule has 1 saturated carbocycles. The molecule has 0 aromatic heterocycles. The Morgan fingerprint density at radius 2 is 1.94 bits per heavy atom. The van der Waals surface area contributed by atoms with E-state index in [-0.39, 0.29) is 12.3 Å². The fraction of sp³-hybridized carbons (Fsp3) is 0.533. The quantitative estimate of drug-likeness (QED) is 0.859. The number of aryl methyl sites for hydroxylation is 2. The van der Waals surface area contributed by atoms with Gasteiger partial charge in [-0.15, -0.1) is 0 Å². The van der Waals surface area contributed by atoms with Crippen molar-refractivity contribution in [2.24, 2.45) is 5.92 Å². The number of carbonyl (C=O) groups is 1. The van der Waals surface area contributed by atoms with Crippen LogP contribution in [0.2, 0.25) is 0 Å². The summed E-state index contributed by atoms with van der Waals surface area (Å²) in [5.74, 6) is -0.107. The van der Waals surface area contributed by atoms with Gasteiger partial charge in [-0.25, -0.2) is 0 Å². The van der Waals surface area contributed by atoms with Gasteiger partial charge in [-0.2, -0.15) is 0 Å². The fourth-order valence-corrected chi connectivity index (χ4v) is 2.75. The normalized spacial score (nSPS) is 16.6. The van der Waals surface area contributed by atoms with Crippen LogP contribution in [0.25, 0.3) is 0 Å². The van der Waals surface area contributed by atoms with Crippen molar-refractivity contribution in [3.05, 3.63) is 28.3 Å². The molecule has 1 aliphatic carbocycles. The Bertz CT molecular complexity index is 487. The number of aliphatic carboxylic acids is 1. The Morgan fingerprint density at radius 3 is 2.44 bits per heavy atom. The second-order valence-corrected chi connectivity index (χ2v) is 5.44. The standard InChI is InChI=1S/C15H20O3/c1-8-6-9(2)14(15(18)10(8)3)12(7-13(16)17)11-4-5-11/h6,11-12,18H,4-5,7H2,1-3H3,(H,16,17). The van der Waals surface area contributed by atoms with Crippen LogP contribution in [0, 0.1) is 26.7 Å². The lowest BCUT2D eigenvalue weighted by Crippen LogP contribution is -2.11. The second kappa shape index (κ2) is 4.63. The fourth-order valence-electron chi connectivity index (χ4n) is 2.75. The first-order valence-corrected chi connectivity index (χ1v) is 6.43. The highest BCUT2D eigenvalue weighted by Gasteiger charge is 2.36. The van der Waals surface area contributed by atoms with Crippen LogP contribution in [-0.4, -0.2) is 16.2 Å². The third-order valence-corrected chi connectivity index (χ3v) is 4.02. The summed E-state index contributed by atoms with van der Waals surface area (Å²) in [6.45, 7) is 5.81. The van der Waals surface area contributed by atoms with Crippen LogP contribution in [0.4, 0.5) is 0 Å². The van der Waals surface area contributed by atoms with Gasteiger partial charge in [0.1, 0.15) is 5.75 Å². The maximum absolute atomic E-state index is 11.0. The van der Waals surface area contributed by atoms with Crippen molar-refractivity contribution in [3.8, 4) is 5.75 Å². The SMILES string of the molecule is Cc1cc(C)c(C(CC(=O)O)C2CC2)c(O)c1C. The molecule has 0 heterocycles. The molecule has 1 aromatic carbocycles. The summed E-state index contributed by atoms with van der Waals surface area (Å²) in [4.78, 5) is 11.0. The van der Waals surface area contributed by atoms with E-state index in [9.17, 15) is 9.90 Å². The molecule has 18 heavy (non-hydrogen) atoms. The highest BCUT2D eigenvalue weighted by Crippen LogP contribution is 2.48. The third kappa shape index (κ3) is 2.35. The van der Waals surface area contributed by atoms with Crippen LogP contribution in [0.1, 0.15) is 47.4 Å². The van der Waals surface area contributed by atoms with E-state index in [2.05, 4.69) is 0 Å². The van der Waals surface area contributed by atoms with Crippen molar-refractivity contribution in [1.29, 1.82) is 0 Å². The van der Waals surface area contributed by atoms with Crippen LogP contribution in [0.15, 0.2) is 6.07 Å². The van der Waals surface area contributed by atoms with Gasteiger partial charge in [-0.1, -0.05) is 6.07 Å². The van der Waals surface area contributed by atoms with Crippen molar-refractivity contribution in [2.45, 2.75) is 46.0 Å². The summed E-state index contributed by atoms with van der Waals surface area (Å²) in [5, 5.41) is 19.4. The molecule has 1 aromatic rings. The highest BCUT2D eigenvalue weighted by molar-refractivity contribution is 5.69. The molecule has 2 N–H and O–H groups in total. The summed E-state index contributed by atoms with van der Waals surface area (Å²) in [5.41, 5.74) is 3.78. The van der Waals surface area contributed by atoms with E-state index >= 15 is 0 Å². The number of carboxylic acid groups (broad SMARTS) is 1. The van der Waals surface area contributed by atoms with Gasteiger partial charge >= 0.3 is 5.97 Å². The van der Waals surface area contributed by atoms with Gasteiger partial charge in [0, 0.05) is 11.5 Å². The van der Waals surface area contributed by atoms with E-state index in [0.29, 0.717) is 11.7 Å². The van der Waals surface area contributed by atoms with E-state index < -0.39 is 5.97 Å². The molecule has 2 rings (SSSR count). The van der Waals surface area contributed by atoms with Gasteiger partial charge < -0.3 is 10.2 Å². The third-order valence-electron chi connectivity index (χ3n) is 4.02. The first-order valence-electron chi connectivity index (χ1n) is 6.43. The largest absolute Gasteiger partial charge is 0.507 e. The Balaban J connectivity index is 2.47. The lowest BCUT2D eigenvalue weighted by molar-refractivity contribution is -0.137. The topological polar surface area (TPSA) is 57.5 Å². The van der Waals surface area contributed by atoms with Crippen LogP contribution in [0.3, 0.4) is 0 Å². The number of phenolic OH excluding ortho intramolecular Hbond substituents is 1. The molecule has 0 aliphatic heterocycles. The number of aromatic hydroxyl groups is 1. The van der Waals surface area contributed by atoms with Crippen molar-refractivity contribution in [1.82, 2.24) is 0 Å². The minimum atomic E-state index is -0.788. The molecule has 1 unspecified atom stereocenters. The number of phenols is 1. The Kier molecular flexibility index (Phi) is 3.33. The molecule has 3 nitrogen and oxygen atoms in total. The molecular formula is C15H20O3. The van der Waals surface area contributed by atoms with Gasteiger partial charge in [0.15, 0.2) is 0 Å². The minimum Gasteiger partial charge on any atom is -0.507 e. The molecule has 0 bridgehead atoms. The van der Waals surface area contributed by atoms with E-state index in [1.807, 2.05) is 26.8 Å². The molecular weight excluding hydrogens is 228 g/mol. The van der Waals surface area contributed by atoms with Crippen LogP contribution < -0.4 is 0 Å². The first kappa shape index (κ1) is 12.9. The molecule has 1 atom stereocenters. The van der Waals surface area contributed by atoms with Gasteiger partial charge in [0.2, 0.25) is 0 Å². The summed E-state index contributed by atoms with van der Waals surface area (Å²) in [7, 11) is 0. The Morgan fingerprint density at radius 1 is 1.33 bits per heavy atom. The van der Waals surface area contributed by atoms with E-state index in [0.717, 1.165) is 35.1 Å². The zero-order valence-corrected chi connectivity index (χ0v) is 11.2. The second-order valence-electron chi connectivity index (χ2n) is 5.44. The van der Waals surface area contributed by atoms with E-state index in [1.165, 1.54) is 0 Å². The minimum absolute atomic E-state index is 0.0400. The average molecular weight is 248 g/mol. The molecule has 0 spiro atoms. The Labute approximate surface area is 107 Å². The number of hydrogen-bond acceptors (Lipinski definition) is 2. The molecule has 0 amide bonds. The lowest BCUT2D eigenvalue weighted by Gasteiger charge is -2.21. The van der Waals surface area contributed by atoms with Crippen LogP contribution in [0.5, 0.6) is 5.75 Å². The molecule has 0 saturated heterocycles. The van der Waals surface area contributed by atoms with Gasteiger partial charge in [0.05, 0.1) is 6.42 Å². The van der Waals surface area contributed by atoms with Crippen molar-refractivity contribution in [2.75, 3.05) is 0 Å². The van der Waals surface area contributed by atoms with E-state index in [4.69, 9.17) is 5.11 Å². The van der Waals surface area contributed by atoms with Gasteiger partial charge in [-0.05, 0) is 56.2 Å². The molecule has 98 valence electrons. The van der Waals surface area contributed by atoms with Crippen molar-refractivity contribution in [3.63, 3.8) is 0 Å². The van der Waals surface area contributed by atoms with Gasteiger partial charge in [-0.3, -0.25) is 4.79 Å². The number of carboxylic acids is 1. The monoisotopic (exact) mass is 248 g/mol. The van der Waals surface area contributed by atoms with Gasteiger partial charge in [0.25, 0.3) is 0 Å². The molecule has 0 radical (unpaired) electrons. The molecule has 3 heteroatoms. The average Bonchev–Trinajstić information content (AvgIpc) is 3.08. The number of benzene rings is 1. The summed E-state index contributed by atoms with van der Waals surface area (Å²) in [6, 6.07) is 2.04. The summed E-state index contributed by atoms with van der Waals surface area (Å²) >= 11 is 0. The maximum atomic E-state index is 11.0. The zero-order chi connectivity index (χ0) is 13.4. The maximum Gasteiger partial charge on any atom is 0.303 e. The predicted molar refractivity (Wildman–Crippen MR) is 70.0 cm³/mol. The smallest absolute Gasteiger partial charge is 0.303 e. The summed E-state index contributed by atoms with van der Waals surface area (Å²) < 4.78 is 0. The highest BCUT2D eigenvalue weighted by atomic mass is 16.4. The lowest BCUT2D eigenvalue weighted by atomic mass is 9.85. The molecule has 1 aliphatic rings. The van der Waals surface area contributed by atoms with E-state index in [1.54, 1.807) is 0 Å². The predicted octanol–water partition coefficient (Wildman–Crippen LogP) is 3.29. The summed E-state index contributed by atoms with van der Waals surface area (Å²) in [6.07, 6.45) is 2.26. The van der Waals surface area contributed by atoms with Crippen LogP contribution in [-0.2, 0) is 4.79 Å². The zero-order valence-electron chi connectivity index (χ0n) is 11.2. The number of hydrogen-bond donors (Lipinski definition) is 2.